The van der Waals surface area contributed by atoms with E-state index in [9.17, 15) is 0 Å². The van der Waals surface area contributed by atoms with Crippen LogP contribution in [0.3, 0.4) is 0 Å². The molecule has 0 radical (unpaired) electrons. The Bertz CT molecular complexity index is 582. The maximum atomic E-state index is 3.64. The van der Waals surface area contributed by atoms with Crippen LogP contribution >= 0.6 is 15.9 Å². The van der Waals surface area contributed by atoms with Gasteiger partial charge in [0.15, 0.2) is 0 Å². The van der Waals surface area contributed by atoms with E-state index < -0.39 is 0 Å². The summed E-state index contributed by atoms with van der Waals surface area (Å²) in [6, 6.07) is 11.0. The predicted molar refractivity (Wildman–Crippen MR) is 71.9 cm³/mol. The number of fused-ring (bicyclic) bond motifs is 3. The van der Waals surface area contributed by atoms with Crippen molar-refractivity contribution in [3.05, 3.63) is 57.1 Å². The number of benzene rings is 2. The quantitative estimate of drug-likeness (QED) is 0.560. The molecule has 0 saturated carbocycles. The van der Waals surface area contributed by atoms with E-state index in [1.807, 2.05) is 0 Å². The molecule has 2 aromatic carbocycles. The second-order valence-corrected chi connectivity index (χ2v) is 5.33. The van der Waals surface area contributed by atoms with Crippen molar-refractivity contribution in [2.75, 3.05) is 0 Å². The average molecular weight is 273 g/mol. The van der Waals surface area contributed by atoms with Crippen LogP contribution in [0.4, 0.5) is 0 Å². The number of rotatable bonds is 0. The summed E-state index contributed by atoms with van der Waals surface area (Å²) < 4.78 is 1.23. The van der Waals surface area contributed by atoms with Gasteiger partial charge in [0.2, 0.25) is 0 Å². The molecule has 0 bridgehead atoms. The van der Waals surface area contributed by atoms with Gasteiger partial charge in [0, 0.05) is 4.47 Å². The topological polar surface area (TPSA) is 0 Å². The van der Waals surface area contributed by atoms with Gasteiger partial charge in [0.25, 0.3) is 0 Å². The minimum Gasteiger partial charge on any atom is -0.0619 e. The molecule has 0 saturated heterocycles. The minimum absolute atomic E-state index is 1.07. The van der Waals surface area contributed by atoms with E-state index in [0.717, 1.165) is 6.42 Å². The second-order valence-electron chi connectivity index (χ2n) is 4.48. The second kappa shape index (κ2) is 3.46. The van der Waals surface area contributed by atoms with Crippen molar-refractivity contribution in [1.82, 2.24) is 0 Å². The summed E-state index contributed by atoms with van der Waals surface area (Å²) in [6.45, 7) is 4.40. The summed E-state index contributed by atoms with van der Waals surface area (Å²) in [5.74, 6) is 0. The molecule has 0 aliphatic heterocycles. The Morgan fingerprint density at radius 2 is 1.75 bits per heavy atom. The Morgan fingerprint density at radius 3 is 2.56 bits per heavy atom. The lowest BCUT2D eigenvalue weighted by Gasteiger charge is -2.10. The van der Waals surface area contributed by atoms with Crippen molar-refractivity contribution in [3.63, 3.8) is 0 Å². The molecular formula is C15H13Br. The summed E-state index contributed by atoms with van der Waals surface area (Å²) >= 11 is 3.64. The van der Waals surface area contributed by atoms with E-state index in [4.69, 9.17) is 0 Å². The fourth-order valence-corrected chi connectivity index (χ4v) is 3.15. The van der Waals surface area contributed by atoms with E-state index in [1.54, 1.807) is 0 Å². The fraction of sp³-hybridized carbons (Fsp3) is 0.200. The molecule has 0 nitrogen and oxygen atoms in total. The Labute approximate surface area is 104 Å². The van der Waals surface area contributed by atoms with Crippen molar-refractivity contribution >= 4 is 15.9 Å². The summed E-state index contributed by atoms with van der Waals surface area (Å²) in [6.07, 6.45) is 1.07. The number of hydrogen-bond donors (Lipinski definition) is 0. The smallest absolute Gasteiger partial charge is 0.0210 e. The molecule has 0 fully saturated rings. The van der Waals surface area contributed by atoms with Crippen LogP contribution in [-0.2, 0) is 6.42 Å². The van der Waals surface area contributed by atoms with Gasteiger partial charge >= 0.3 is 0 Å². The molecule has 2 aromatic rings. The van der Waals surface area contributed by atoms with E-state index in [0.29, 0.717) is 0 Å². The van der Waals surface area contributed by atoms with Gasteiger partial charge in [0.05, 0.1) is 0 Å². The van der Waals surface area contributed by atoms with Crippen molar-refractivity contribution in [2.45, 2.75) is 20.3 Å². The zero-order valence-corrected chi connectivity index (χ0v) is 11.1. The molecule has 0 heterocycles. The first kappa shape index (κ1) is 10.1. The largest absolute Gasteiger partial charge is 0.0619 e. The molecule has 0 aromatic heterocycles. The Hall–Kier alpha value is -1.08. The molecule has 80 valence electrons. The lowest BCUT2D eigenvalue weighted by molar-refractivity contribution is 1.23. The summed E-state index contributed by atoms with van der Waals surface area (Å²) in [7, 11) is 0. The van der Waals surface area contributed by atoms with Crippen LogP contribution < -0.4 is 0 Å². The Morgan fingerprint density at radius 1 is 1.00 bits per heavy atom. The van der Waals surface area contributed by atoms with Crippen molar-refractivity contribution < 1.29 is 0 Å². The van der Waals surface area contributed by atoms with Gasteiger partial charge in [-0.2, -0.15) is 0 Å². The third-order valence-electron chi connectivity index (χ3n) is 3.59. The molecule has 0 unspecified atom stereocenters. The molecule has 0 atom stereocenters. The lowest BCUT2D eigenvalue weighted by Crippen LogP contribution is -1.90. The number of halogens is 1. The van der Waals surface area contributed by atoms with Crippen LogP contribution in [0.15, 0.2) is 34.8 Å². The first-order valence-electron chi connectivity index (χ1n) is 5.55. The normalized spacial score (nSPS) is 12.4. The lowest BCUT2D eigenvalue weighted by atomic mass is 9.97. The molecule has 1 aliphatic carbocycles. The molecule has 3 rings (SSSR count). The third-order valence-corrected chi connectivity index (χ3v) is 4.41. The minimum atomic E-state index is 1.07. The van der Waals surface area contributed by atoms with Crippen LogP contribution in [-0.4, -0.2) is 0 Å². The van der Waals surface area contributed by atoms with Crippen LogP contribution in [0.25, 0.3) is 11.1 Å². The van der Waals surface area contributed by atoms with Crippen LogP contribution in [0.5, 0.6) is 0 Å². The zero-order valence-electron chi connectivity index (χ0n) is 9.47. The SMILES string of the molecule is Cc1c(Br)cc2c(c1C)-c1ccccc1C2. The van der Waals surface area contributed by atoms with E-state index in [-0.39, 0.29) is 0 Å². The predicted octanol–water partition coefficient (Wildman–Crippen LogP) is 4.64. The van der Waals surface area contributed by atoms with Gasteiger partial charge in [-0.1, -0.05) is 40.2 Å². The molecule has 0 N–H and O–H groups in total. The molecule has 0 spiro atoms. The van der Waals surface area contributed by atoms with Crippen molar-refractivity contribution in [3.8, 4) is 11.1 Å². The van der Waals surface area contributed by atoms with Gasteiger partial charge in [-0.3, -0.25) is 0 Å². The molecule has 16 heavy (non-hydrogen) atoms. The average Bonchev–Trinajstić information content (AvgIpc) is 2.64. The first-order chi connectivity index (χ1) is 7.68. The highest BCUT2D eigenvalue weighted by molar-refractivity contribution is 9.10. The summed E-state index contributed by atoms with van der Waals surface area (Å²) in [5.41, 5.74) is 8.56. The van der Waals surface area contributed by atoms with Crippen molar-refractivity contribution in [2.24, 2.45) is 0 Å². The van der Waals surface area contributed by atoms with Gasteiger partial charge in [-0.15, -0.1) is 0 Å². The van der Waals surface area contributed by atoms with Crippen LogP contribution in [0, 0.1) is 13.8 Å². The molecule has 0 amide bonds. The highest BCUT2D eigenvalue weighted by Gasteiger charge is 2.21. The van der Waals surface area contributed by atoms with Gasteiger partial charge < -0.3 is 0 Å². The Kier molecular flexibility index (Phi) is 2.18. The highest BCUT2D eigenvalue weighted by Crippen LogP contribution is 2.41. The summed E-state index contributed by atoms with van der Waals surface area (Å²) in [4.78, 5) is 0. The zero-order chi connectivity index (χ0) is 11.3. The van der Waals surface area contributed by atoms with E-state index >= 15 is 0 Å². The molecular weight excluding hydrogens is 260 g/mol. The summed E-state index contributed by atoms with van der Waals surface area (Å²) in [5, 5.41) is 0. The van der Waals surface area contributed by atoms with E-state index in [2.05, 4.69) is 60.1 Å². The van der Waals surface area contributed by atoms with Gasteiger partial charge in [-0.05, 0) is 59.7 Å². The molecule has 1 aliphatic rings. The Balaban J connectivity index is 2.36. The van der Waals surface area contributed by atoms with Gasteiger partial charge in [-0.25, -0.2) is 0 Å². The number of hydrogen-bond acceptors (Lipinski definition) is 0. The van der Waals surface area contributed by atoms with Gasteiger partial charge in [0.1, 0.15) is 0 Å². The van der Waals surface area contributed by atoms with Crippen LogP contribution in [0.1, 0.15) is 22.3 Å². The van der Waals surface area contributed by atoms with Crippen LogP contribution in [0.2, 0.25) is 0 Å². The third kappa shape index (κ3) is 1.28. The van der Waals surface area contributed by atoms with Crippen molar-refractivity contribution in [1.29, 1.82) is 0 Å². The first-order valence-corrected chi connectivity index (χ1v) is 6.34. The maximum Gasteiger partial charge on any atom is 0.0210 e. The monoisotopic (exact) mass is 272 g/mol. The molecule has 1 heteroatoms. The fourth-order valence-electron chi connectivity index (χ4n) is 2.58. The highest BCUT2D eigenvalue weighted by atomic mass is 79.9. The standard InChI is InChI=1S/C15H13Br/c1-9-10(2)15-12(8-14(9)16)7-11-5-3-4-6-13(11)15/h3-6,8H,7H2,1-2H3. The van der Waals surface area contributed by atoms with E-state index in [1.165, 1.54) is 37.9 Å². The maximum absolute atomic E-state index is 3.64.